The first-order valence-corrected chi connectivity index (χ1v) is 6.40. The standard InChI is InChI=1S/C14H18N4O2/c1-9-6-10(2)17-13(12(9)14(19)20)15-5-4-11-7-16-18(3)8-11/h6-8H,4-5H2,1-3H3,(H,15,17)(H,19,20). The fraction of sp³-hybridized carbons (Fsp3) is 0.357. The maximum absolute atomic E-state index is 11.3. The van der Waals surface area contributed by atoms with Gasteiger partial charge in [0.25, 0.3) is 0 Å². The maximum atomic E-state index is 11.3. The lowest BCUT2D eigenvalue weighted by Gasteiger charge is -2.11. The number of hydrogen-bond acceptors (Lipinski definition) is 4. The van der Waals surface area contributed by atoms with Crippen molar-refractivity contribution in [3.63, 3.8) is 0 Å². The van der Waals surface area contributed by atoms with Gasteiger partial charge >= 0.3 is 5.97 Å². The van der Waals surface area contributed by atoms with Gasteiger partial charge < -0.3 is 10.4 Å². The van der Waals surface area contributed by atoms with Crippen LogP contribution in [-0.2, 0) is 13.5 Å². The van der Waals surface area contributed by atoms with Crippen LogP contribution in [-0.4, -0.2) is 32.4 Å². The second-order valence-electron chi connectivity index (χ2n) is 4.81. The Balaban J connectivity index is 2.10. The van der Waals surface area contributed by atoms with Crippen molar-refractivity contribution in [3.8, 4) is 0 Å². The van der Waals surface area contributed by atoms with Gasteiger partial charge in [-0.3, -0.25) is 4.68 Å². The fourth-order valence-corrected chi connectivity index (χ4v) is 2.16. The van der Waals surface area contributed by atoms with Crippen LogP contribution >= 0.6 is 0 Å². The second-order valence-corrected chi connectivity index (χ2v) is 4.81. The van der Waals surface area contributed by atoms with Gasteiger partial charge in [0, 0.05) is 25.5 Å². The number of aryl methyl sites for hydroxylation is 3. The van der Waals surface area contributed by atoms with Crippen molar-refractivity contribution < 1.29 is 9.90 Å². The van der Waals surface area contributed by atoms with E-state index in [4.69, 9.17) is 0 Å². The molecule has 2 N–H and O–H groups in total. The average molecular weight is 274 g/mol. The van der Waals surface area contributed by atoms with Crippen LogP contribution in [0.25, 0.3) is 0 Å². The molecule has 0 aliphatic heterocycles. The van der Waals surface area contributed by atoms with Crippen LogP contribution in [0, 0.1) is 13.8 Å². The largest absolute Gasteiger partial charge is 0.478 e. The fourth-order valence-electron chi connectivity index (χ4n) is 2.16. The molecule has 0 aromatic carbocycles. The summed E-state index contributed by atoms with van der Waals surface area (Å²) in [5.41, 5.74) is 2.85. The minimum Gasteiger partial charge on any atom is -0.478 e. The molecule has 0 radical (unpaired) electrons. The SMILES string of the molecule is Cc1cc(C)c(C(=O)O)c(NCCc2cnn(C)c2)n1. The molecule has 0 aliphatic rings. The van der Waals surface area contributed by atoms with E-state index in [1.807, 2.05) is 20.2 Å². The smallest absolute Gasteiger partial charge is 0.339 e. The van der Waals surface area contributed by atoms with Gasteiger partial charge in [0.1, 0.15) is 11.4 Å². The molecular formula is C14H18N4O2. The van der Waals surface area contributed by atoms with Crippen LogP contribution < -0.4 is 5.32 Å². The van der Waals surface area contributed by atoms with Gasteiger partial charge in [-0.15, -0.1) is 0 Å². The minimum absolute atomic E-state index is 0.238. The molecule has 0 saturated heterocycles. The highest BCUT2D eigenvalue weighted by Gasteiger charge is 2.15. The zero-order chi connectivity index (χ0) is 14.7. The molecule has 6 nitrogen and oxygen atoms in total. The first-order chi connectivity index (χ1) is 9.47. The Kier molecular flexibility index (Phi) is 4.02. The number of rotatable bonds is 5. The van der Waals surface area contributed by atoms with E-state index in [1.165, 1.54) is 0 Å². The third-order valence-corrected chi connectivity index (χ3v) is 3.02. The Bertz CT molecular complexity index is 634. The minimum atomic E-state index is -0.959. The average Bonchev–Trinajstić information content (AvgIpc) is 2.73. The monoisotopic (exact) mass is 274 g/mol. The lowest BCUT2D eigenvalue weighted by atomic mass is 10.1. The highest BCUT2D eigenvalue weighted by molar-refractivity contribution is 5.94. The topological polar surface area (TPSA) is 80.0 Å². The van der Waals surface area contributed by atoms with Crippen molar-refractivity contribution in [2.24, 2.45) is 7.05 Å². The quantitative estimate of drug-likeness (QED) is 0.868. The van der Waals surface area contributed by atoms with Gasteiger partial charge in [0.15, 0.2) is 0 Å². The van der Waals surface area contributed by atoms with E-state index in [1.54, 1.807) is 23.9 Å². The Morgan fingerprint density at radius 3 is 2.80 bits per heavy atom. The number of hydrogen-bond donors (Lipinski definition) is 2. The van der Waals surface area contributed by atoms with Crippen LogP contribution in [0.4, 0.5) is 5.82 Å². The van der Waals surface area contributed by atoms with Crippen LogP contribution in [0.5, 0.6) is 0 Å². The molecule has 6 heteroatoms. The third kappa shape index (κ3) is 3.14. The van der Waals surface area contributed by atoms with Gasteiger partial charge in [-0.25, -0.2) is 9.78 Å². The molecule has 0 saturated carbocycles. The van der Waals surface area contributed by atoms with Gasteiger partial charge in [-0.05, 0) is 37.5 Å². The van der Waals surface area contributed by atoms with Gasteiger partial charge in [-0.1, -0.05) is 0 Å². The summed E-state index contributed by atoms with van der Waals surface area (Å²) in [4.78, 5) is 15.6. The van der Waals surface area contributed by atoms with Crippen LogP contribution in [0.1, 0.15) is 27.2 Å². The second kappa shape index (κ2) is 5.73. The highest BCUT2D eigenvalue weighted by Crippen LogP contribution is 2.18. The van der Waals surface area contributed by atoms with Crippen molar-refractivity contribution in [2.45, 2.75) is 20.3 Å². The highest BCUT2D eigenvalue weighted by atomic mass is 16.4. The number of aromatic nitrogens is 3. The molecule has 0 aliphatic carbocycles. The van der Waals surface area contributed by atoms with Gasteiger partial charge in [0.2, 0.25) is 0 Å². The van der Waals surface area contributed by atoms with Crippen molar-refractivity contribution in [2.75, 3.05) is 11.9 Å². The molecule has 2 rings (SSSR count). The molecule has 2 heterocycles. The van der Waals surface area contributed by atoms with Gasteiger partial charge in [-0.2, -0.15) is 5.10 Å². The molecule has 0 bridgehead atoms. The van der Waals surface area contributed by atoms with Gasteiger partial charge in [0.05, 0.1) is 6.20 Å². The molecule has 2 aromatic heterocycles. The first-order valence-electron chi connectivity index (χ1n) is 6.40. The van der Waals surface area contributed by atoms with E-state index in [0.29, 0.717) is 17.9 Å². The summed E-state index contributed by atoms with van der Waals surface area (Å²) in [6, 6.07) is 1.77. The summed E-state index contributed by atoms with van der Waals surface area (Å²) >= 11 is 0. The zero-order valence-electron chi connectivity index (χ0n) is 11.8. The zero-order valence-corrected chi connectivity index (χ0v) is 11.8. The lowest BCUT2D eigenvalue weighted by Crippen LogP contribution is -2.13. The Labute approximate surface area is 117 Å². The normalized spacial score (nSPS) is 10.6. The molecule has 0 unspecified atom stereocenters. The lowest BCUT2D eigenvalue weighted by molar-refractivity contribution is 0.0697. The number of carboxylic acids is 1. The number of carbonyl (C=O) groups is 1. The summed E-state index contributed by atoms with van der Waals surface area (Å²) in [5, 5.41) is 16.5. The molecule has 0 fully saturated rings. The number of anilines is 1. The maximum Gasteiger partial charge on any atom is 0.339 e. The molecule has 20 heavy (non-hydrogen) atoms. The summed E-state index contributed by atoms with van der Waals surface area (Å²) in [6.45, 7) is 4.25. The number of carboxylic acid groups (broad SMARTS) is 1. The van der Waals surface area contributed by atoms with E-state index in [9.17, 15) is 9.90 Å². The van der Waals surface area contributed by atoms with Crippen molar-refractivity contribution >= 4 is 11.8 Å². The number of pyridine rings is 1. The van der Waals surface area contributed by atoms with E-state index in [-0.39, 0.29) is 5.56 Å². The van der Waals surface area contributed by atoms with E-state index in [2.05, 4.69) is 15.4 Å². The molecule has 106 valence electrons. The van der Waals surface area contributed by atoms with Crippen LogP contribution in [0.2, 0.25) is 0 Å². The molecule has 2 aromatic rings. The Hall–Kier alpha value is -2.37. The first kappa shape index (κ1) is 14.0. The summed E-state index contributed by atoms with van der Waals surface area (Å²) in [6.07, 6.45) is 4.50. The summed E-state index contributed by atoms with van der Waals surface area (Å²) in [5.74, 6) is -0.530. The van der Waals surface area contributed by atoms with Crippen LogP contribution in [0.15, 0.2) is 18.5 Å². The predicted octanol–water partition coefficient (Wildman–Crippen LogP) is 1.78. The summed E-state index contributed by atoms with van der Waals surface area (Å²) < 4.78 is 1.74. The number of nitrogens with zero attached hydrogens (tertiary/aromatic N) is 3. The predicted molar refractivity (Wildman–Crippen MR) is 76.1 cm³/mol. The van der Waals surface area contributed by atoms with Crippen molar-refractivity contribution in [1.29, 1.82) is 0 Å². The van der Waals surface area contributed by atoms with Crippen LogP contribution in [0.3, 0.4) is 0 Å². The molecule has 0 amide bonds. The number of aromatic carboxylic acids is 1. The van der Waals surface area contributed by atoms with E-state index in [0.717, 1.165) is 17.7 Å². The third-order valence-electron chi connectivity index (χ3n) is 3.02. The molecule has 0 spiro atoms. The number of nitrogens with one attached hydrogen (secondary N) is 1. The Morgan fingerprint density at radius 1 is 1.45 bits per heavy atom. The van der Waals surface area contributed by atoms with Crippen molar-refractivity contribution in [1.82, 2.24) is 14.8 Å². The molecular weight excluding hydrogens is 256 g/mol. The summed E-state index contributed by atoms with van der Waals surface area (Å²) in [7, 11) is 1.87. The van der Waals surface area contributed by atoms with E-state index >= 15 is 0 Å². The van der Waals surface area contributed by atoms with Crippen molar-refractivity contribution in [3.05, 3.63) is 40.8 Å². The van der Waals surface area contributed by atoms with E-state index < -0.39 is 5.97 Å². The molecule has 0 atom stereocenters. The Morgan fingerprint density at radius 2 is 2.20 bits per heavy atom.